The molecule has 2 aromatic heterocycles. The van der Waals surface area contributed by atoms with Gasteiger partial charge >= 0.3 is 0 Å². The van der Waals surface area contributed by atoms with E-state index in [2.05, 4.69) is 34.4 Å². The second-order valence-corrected chi connectivity index (χ2v) is 7.88. The number of aryl methyl sites for hydroxylation is 2. The minimum atomic E-state index is -0.495. The molecule has 0 atom stereocenters. The molecule has 0 saturated heterocycles. The number of hydrogen-bond acceptors (Lipinski definition) is 5. The summed E-state index contributed by atoms with van der Waals surface area (Å²) in [7, 11) is 0. The molecule has 2 aromatic rings. The summed E-state index contributed by atoms with van der Waals surface area (Å²) in [5.41, 5.74) is 2.52. The van der Waals surface area contributed by atoms with Gasteiger partial charge in [0.25, 0.3) is 0 Å². The summed E-state index contributed by atoms with van der Waals surface area (Å²) in [4.78, 5) is 17.2. The smallest absolute Gasteiger partial charge is 0.225 e. The summed E-state index contributed by atoms with van der Waals surface area (Å²) >= 11 is 0. The van der Waals surface area contributed by atoms with Crippen LogP contribution in [0, 0.1) is 26.7 Å². The normalized spacial score (nSPS) is 16.4. The molecule has 1 N–H and O–H groups in total. The molecule has 2 heterocycles. The molecule has 26 heavy (non-hydrogen) atoms. The number of nitrogens with zero attached hydrogens (tertiary/aromatic N) is 4. The molecule has 0 aromatic carbocycles. The van der Waals surface area contributed by atoms with Crippen LogP contribution in [0.1, 0.15) is 68.2 Å². The van der Waals surface area contributed by atoms with Crippen molar-refractivity contribution in [3.63, 3.8) is 0 Å². The van der Waals surface area contributed by atoms with Crippen LogP contribution in [-0.4, -0.2) is 25.8 Å². The molecule has 0 spiro atoms. The van der Waals surface area contributed by atoms with Crippen LogP contribution in [0.4, 0.5) is 0 Å². The van der Waals surface area contributed by atoms with Crippen molar-refractivity contribution in [2.45, 2.75) is 78.8 Å². The molecule has 1 aliphatic carbocycles. The molecule has 7 nitrogen and oxygen atoms in total. The lowest BCUT2D eigenvalue weighted by Crippen LogP contribution is -2.45. The lowest BCUT2D eigenvalue weighted by atomic mass is 9.95. The van der Waals surface area contributed by atoms with Gasteiger partial charge in [0.1, 0.15) is 5.54 Å². The highest BCUT2D eigenvalue weighted by Gasteiger charge is 2.41. The van der Waals surface area contributed by atoms with E-state index in [-0.39, 0.29) is 5.91 Å². The number of hydrogen-bond donors (Lipinski definition) is 1. The van der Waals surface area contributed by atoms with E-state index in [4.69, 9.17) is 4.52 Å². The van der Waals surface area contributed by atoms with Crippen molar-refractivity contribution in [1.29, 1.82) is 0 Å². The monoisotopic (exact) mass is 359 g/mol. The Balaban J connectivity index is 1.77. The Bertz CT molecular complexity index is 784. The third kappa shape index (κ3) is 3.66. The Labute approximate surface area is 154 Å². The summed E-state index contributed by atoms with van der Waals surface area (Å²) in [5.74, 6) is 1.63. The standard InChI is InChI=1S/C19H29N5O2/c1-12(2)11-24-14(4)16(13(3)22-24)10-17(25)21-19(8-6-7-9-19)18-20-15(5)26-23-18/h12H,6-11H2,1-5H3,(H,21,25). The van der Waals surface area contributed by atoms with Crippen LogP contribution in [0.25, 0.3) is 0 Å². The third-order valence-electron chi connectivity index (χ3n) is 5.20. The number of aromatic nitrogens is 4. The van der Waals surface area contributed by atoms with E-state index < -0.39 is 5.54 Å². The zero-order chi connectivity index (χ0) is 18.9. The maximum atomic E-state index is 12.9. The number of rotatable bonds is 6. The van der Waals surface area contributed by atoms with Crippen molar-refractivity contribution in [2.24, 2.45) is 5.92 Å². The van der Waals surface area contributed by atoms with E-state index in [9.17, 15) is 4.79 Å². The largest absolute Gasteiger partial charge is 0.343 e. The first-order valence-electron chi connectivity index (χ1n) is 9.45. The van der Waals surface area contributed by atoms with Gasteiger partial charge in [-0.1, -0.05) is 31.8 Å². The average molecular weight is 359 g/mol. The highest BCUT2D eigenvalue weighted by Crippen LogP contribution is 2.37. The van der Waals surface area contributed by atoms with Crippen LogP contribution in [0.2, 0.25) is 0 Å². The Hall–Kier alpha value is -2.18. The summed E-state index contributed by atoms with van der Waals surface area (Å²) in [6.45, 7) is 11.0. The van der Waals surface area contributed by atoms with E-state index in [1.807, 2.05) is 18.5 Å². The molecule has 142 valence electrons. The molecular weight excluding hydrogens is 330 g/mol. The Morgan fingerprint density at radius 1 is 1.27 bits per heavy atom. The van der Waals surface area contributed by atoms with Crippen molar-refractivity contribution in [1.82, 2.24) is 25.2 Å². The molecule has 0 bridgehead atoms. The fourth-order valence-electron chi connectivity index (χ4n) is 3.86. The fourth-order valence-corrected chi connectivity index (χ4v) is 3.86. The molecular formula is C19H29N5O2. The molecule has 1 saturated carbocycles. The van der Waals surface area contributed by atoms with E-state index in [0.717, 1.165) is 49.2 Å². The van der Waals surface area contributed by atoms with E-state index in [1.165, 1.54) is 0 Å². The van der Waals surface area contributed by atoms with Gasteiger partial charge in [-0.2, -0.15) is 10.1 Å². The topological polar surface area (TPSA) is 85.8 Å². The van der Waals surface area contributed by atoms with Gasteiger partial charge in [-0.25, -0.2) is 0 Å². The Morgan fingerprint density at radius 3 is 2.54 bits per heavy atom. The first-order chi connectivity index (χ1) is 12.3. The number of carbonyl (C=O) groups is 1. The number of nitrogens with one attached hydrogen (secondary N) is 1. The molecule has 1 amide bonds. The Morgan fingerprint density at radius 2 is 1.96 bits per heavy atom. The van der Waals surface area contributed by atoms with Gasteiger partial charge in [0.2, 0.25) is 11.8 Å². The zero-order valence-corrected chi connectivity index (χ0v) is 16.4. The van der Waals surface area contributed by atoms with Gasteiger partial charge in [0, 0.05) is 24.7 Å². The SMILES string of the molecule is Cc1nc(C2(NC(=O)Cc3c(C)nn(CC(C)C)c3C)CCCC2)no1. The van der Waals surface area contributed by atoms with Gasteiger partial charge in [-0.05, 0) is 32.6 Å². The van der Waals surface area contributed by atoms with Crippen molar-refractivity contribution >= 4 is 5.91 Å². The van der Waals surface area contributed by atoms with Gasteiger partial charge < -0.3 is 9.84 Å². The molecule has 7 heteroatoms. The maximum absolute atomic E-state index is 12.9. The first-order valence-corrected chi connectivity index (χ1v) is 9.45. The van der Waals surface area contributed by atoms with Gasteiger partial charge in [-0.3, -0.25) is 9.48 Å². The van der Waals surface area contributed by atoms with E-state index in [1.54, 1.807) is 6.92 Å². The van der Waals surface area contributed by atoms with Crippen LogP contribution in [0.5, 0.6) is 0 Å². The van der Waals surface area contributed by atoms with Crippen LogP contribution in [0.3, 0.4) is 0 Å². The molecule has 0 aliphatic heterocycles. The molecule has 1 fully saturated rings. The summed E-state index contributed by atoms with van der Waals surface area (Å²) in [6.07, 6.45) is 4.13. The minimum absolute atomic E-state index is 0.00958. The molecule has 0 unspecified atom stereocenters. The van der Waals surface area contributed by atoms with Crippen molar-refractivity contribution in [3.8, 4) is 0 Å². The lowest BCUT2D eigenvalue weighted by Gasteiger charge is -2.26. The van der Waals surface area contributed by atoms with Crippen LogP contribution in [0.15, 0.2) is 4.52 Å². The van der Waals surface area contributed by atoms with E-state index >= 15 is 0 Å². The van der Waals surface area contributed by atoms with Gasteiger partial charge in [0.05, 0.1) is 12.1 Å². The van der Waals surface area contributed by atoms with Crippen LogP contribution in [-0.2, 0) is 23.3 Å². The quantitative estimate of drug-likeness (QED) is 0.857. The van der Waals surface area contributed by atoms with Crippen LogP contribution < -0.4 is 5.32 Å². The van der Waals surface area contributed by atoms with Crippen LogP contribution >= 0.6 is 0 Å². The van der Waals surface area contributed by atoms with Crippen molar-refractivity contribution in [3.05, 3.63) is 28.7 Å². The van der Waals surface area contributed by atoms with Gasteiger partial charge in [0.15, 0.2) is 5.82 Å². The highest BCUT2D eigenvalue weighted by atomic mass is 16.5. The molecule has 3 rings (SSSR count). The summed E-state index contributed by atoms with van der Waals surface area (Å²) < 4.78 is 7.16. The number of carbonyl (C=O) groups excluding carboxylic acids is 1. The summed E-state index contributed by atoms with van der Waals surface area (Å²) in [5, 5.41) is 11.9. The van der Waals surface area contributed by atoms with E-state index in [0.29, 0.717) is 24.1 Å². The fraction of sp³-hybridized carbons (Fsp3) is 0.684. The second-order valence-electron chi connectivity index (χ2n) is 7.88. The highest BCUT2D eigenvalue weighted by molar-refractivity contribution is 5.80. The average Bonchev–Trinajstić information content (AvgIpc) is 3.25. The predicted molar refractivity (Wildman–Crippen MR) is 97.6 cm³/mol. The van der Waals surface area contributed by atoms with Crippen molar-refractivity contribution < 1.29 is 9.32 Å². The zero-order valence-electron chi connectivity index (χ0n) is 16.4. The van der Waals surface area contributed by atoms with Crippen molar-refractivity contribution in [2.75, 3.05) is 0 Å². The number of amides is 1. The predicted octanol–water partition coefficient (Wildman–Crippen LogP) is 2.98. The summed E-state index contributed by atoms with van der Waals surface area (Å²) in [6, 6.07) is 0. The second kappa shape index (κ2) is 7.21. The molecule has 0 radical (unpaired) electrons. The van der Waals surface area contributed by atoms with Gasteiger partial charge in [-0.15, -0.1) is 0 Å². The minimum Gasteiger partial charge on any atom is -0.343 e. The lowest BCUT2D eigenvalue weighted by molar-refractivity contribution is -0.122. The Kier molecular flexibility index (Phi) is 5.16. The third-order valence-corrected chi connectivity index (χ3v) is 5.20. The molecule has 1 aliphatic rings. The first kappa shape index (κ1) is 18.6. The maximum Gasteiger partial charge on any atom is 0.225 e.